The summed E-state index contributed by atoms with van der Waals surface area (Å²) in [5.74, 6) is -0.844. The van der Waals surface area contributed by atoms with E-state index >= 15 is 0 Å². The summed E-state index contributed by atoms with van der Waals surface area (Å²) in [6, 6.07) is 14.2. The van der Waals surface area contributed by atoms with Crippen molar-refractivity contribution in [3.05, 3.63) is 65.2 Å². The first-order valence-corrected chi connectivity index (χ1v) is 8.23. The van der Waals surface area contributed by atoms with E-state index in [1.165, 1.54) is 0 Å². The summed E-state index contributed by atoms with van der Waals surface area (Å²) in [4.78, 5) is 26.2. The van der Waals surface area contributed by atoms with Gasteiger partial charge in [0.25, 0.3) is 11.8 Å². The number of nitrogens with zero attached hydrogens (tertiary/aromatic N) is 1. The van der Waals surface area contributed by atoms with Gasteiger partial charge in [0.15, 0.2) is 0 Å². The first-order chi connectivity index (χ1) is 12.1. The monoisotopic (exact) mass is 339 g/mol. The lowest BCUT2D eigenvalue weighted by Crippen LogP contribution is -2.35. The summed E-state index contributed by atoms with van der Waals surface area (Å²) in [7, 11) is 0. The molecule has 0 spiro atoms. The Hall–Kier alpha value is -2.70. The molecular weight excluding hydrogens is 318 g/mol. The zero-order valence-corrected chi connectivity index (χ0v) is 13.9. The van der Waals surface area contributed by atoms with Gasteiger partial charge in [-0.3, -0.25) is 14.5 Å². The number of benzene rings is 2. The maximum Gasteiger partial charge on any atom is 0.255 e. The van der Waals surface area contributed by atoms with Gasteiger partial charge in [0, 0.05) is 25.2 Å². The minimum absolute atomic E-state index is 0.272. The van der Waals surface area contributed by atoms with Crippen LogP contribution in [-0.4, -0.2) is 43.0 Å². The van der Waals surface area contributed by atoms with Crippen LogP contribution in [0.1, 0.15) is 26.3 Å². The van der Waals surface area contributed by atoms with E-state index in [9.17, 15) is 9.59 Å². The molecule has 2 aromatic rings. The third kappa shape index (κ3) is 4.43. The van der Waals surface area contributed by atoms with Gasteiger partial charge >= 0.3 is 0 Å². The van der Waals surface area contributed by atoms with Gasteiger partial charge in [0.1, 0.15) is 0 Å². The number of carbonyl (C=O) groups excluding carboxylic acids is 2. The van der Waals surface area contributed by atoms with Crippen molar-refractivity contribution in [2.75, 3.05) is 31.6 Å². The molecule has 2 amide bonds. The number of nitrogens with one attached hydrogen (secondary N) is 1. The Morgan fingerprint density at radius 3 is 2.40 bits per heavy atom. The topological polar surface area (TPSA) is 84.7 Å². The first-order valence-electron chi connectivity index (χ1n) is 8.23. The third-order valence-corrected chi connectivity index (χ3v) is 4.17. The highest BCUT2D eigenvalue weighted by molar-refractivity contribution is 6.08. The maximum absolute atomic E-state index is 12.4. The van der Waals surface area contributed by atoms with Crippen molar-refractivity contribution >= 4 is 17.5 Å². The lowest BCUT2D eigenvalue weighted by Gasteiger charge is -2.26. The van der Waals surface area contributed by atoms with E-state index in [4.69, 9.17) is 10.5 Å². The molecule has 1 aliphatic heterocycles. The number of carbonyl (C=O) groups is 2. The zero-order valence-electron chi connectivity index (χ0n) is 13.9. The highest BCUT2D eigenvalue weighted by Crippen LogP contribution is 2.16. The number of para-hydroxylation sites is 1. The van der Waals surface area contributed by atoms with Gasteiger partial charge in [-0.1, -0.05) is 24.3 Å². The standard InChI is InChI=1S/C19H21N3O3/c20-18(23)16-3-1-2-4-17(16)21-19(24)15-7-5-14(6-8-15)13-22-9-11-25-12-10-22/h1-8H,9-13H2,(H2,20,23)(H,21,24). The molecule has 0 aliphatic carbocycles. The fraction of sp³-hybridized carbons (Fsp3) is 0.263. The van der Waals surface area contributed by atoms with E-state index in [2.05, 4.69) is 10.2 Å². The highest BCUT2D eigenvalue weighted by Gasteiger charge is 2.13. The summed E-state index contributed by atoms with van der Waals surface area (Å²) in [5.41, 5.74) is 7.72. The lowest BCUT2D eigenvalue weighted by atomic mass is 10.1. The lowest BCUT2D eigenvalue weighted by molar-refractivity contribution is 0.0342. The van der Waals surface area contributed by atoms with Crippen molar-refractivity contribution < 1.29 is 14.3 Å². The Balaban J connectivity index is 1.66. The van der Waals surface area contributed by atoms with Gasteiger partial charge in [0.2, 0.25) is 0 Å². The summed E-state index contributed by atoms with van der Waals surface area (Å²) in [6.07, 6.45) is 0. The van der Waals surface area contributed by atoms with Crippen molar-refractivity contribution in [2.24, 2.45) is 5.73 Å². The number of hydrogen-bond donors (Lipinski definition) is 2. The van der Waals surface area contributed by atoms with Crippen LogP contribution in [0.2, 0.25) is 0 Å². The highest BCUT2D eigenvalue weighted by atomic mass is 16.5. The summed E-state index contributed by atoms with van der Waals surface area (Å²) >= 11 is 0. The molecule has 25 heavy (non-hydrogen) atoms. The molecule has 0 saturated carbocycles. The number of morpholine rings is 1. The van der Waals surface area contributed by atoms with Gasteiger partial charge < -0.3 is 15.8 Å². The van der Waals surface area contributed by atoms with E-state index in [1.54, 1.807) is 36.4 Å². The first kappa shape index (κ1) is 17.1. The largest absolute Gasteiger partial charge is 0.379 e. The van der Waals surface area contributed by atoms with Crippen molar-refractivity contribution in [3.8, 4) is 0 Å². The summed E-state index contributed by atoms with van der Waals surface area (Å²) in [6.45, 7) is 4.22. The van der Waals surface area contributed by atoms with Crippen LogP contribution in [0.4, 0.5) is 5.69 Å². The predicted molar refractivity (Wildman–Crippen MR) is 95.5 cm³/mol. The quantitative estimate of drug-likeness (QED) is 0.871. The van der Waals surface area contributed by atoms with Crippen LogP contribution in [0.3, 0.4) is 0 Å². The second-order valence-electron chi connectivity index (χ2n) is 5.95. The molecule has 2 aromatic carbocycles. The number of primary amides is 1. The minimum atomic E-state index is -0.572. The molecule has 6 nitrogen and oxygen atoms in total. The van der Waals surface area contributed by atoms with Crippen molar-refractivity contribution in [1.29, 1.82) is 0 Å². The molecule has 1 heterocycles. The Morgan fingerprint density at radius 2 is 1.72 bits per heavy atom. The Kier molecular flexibility index (Phi) is 5.42. The number of hydrogen-bond acceptors (Lipinski definition) is 4. The third-order valence-electron chi connectivity index (χ3n) is 4.17. The zero-order chi connectivity index (χ0) is 17.6. The molecule has 0 aromatic heterocycles. The Labute approximate surface area is 146 Å². The predicted octanol–water partition coefficient (Wildman–Crippen LogP) is 1.87. The Morgan fingerprint density at radius 1 is 1.04 bits per heavy atom. The van der Waals surface area contributed by atoms with Crippen molar-refractivity contribution in [2.45, 2.75) is 6.54 Å². The normalized spacial score (nSPS) is 14.9. The molecule has 1 saturated heterocycles. The van der Waals surface area contributed by atoms with Crippen LogP contribution in [-0.2, 0) is 11.3 Å². The minimum Gasteiger partial charge on any atom is -0.379 e. The van der Waals surface area contributed by atoms with E-state index in [-0.39, 0.29) is 5.91 Å². The average molecular weight is 339 g/mol. The van der Waals surface area contributed by atoms with Gasteiger partial charge in [-0.25, -0.2) is 0 Å². The molecule has 3 rings (SSSR count). The second kappa shape index (κ2) is 7.92. The maximum atomic E-state index is 12.4. The molecule has 6 heteroatoms. The summed E-state index contributed by atoms with van der Waals surface area (Å²) in [5, 5.41) is 2.74. The second-order valence-corrected chi connectivity index (χ2v) is 5.95. The van der Waals surface area contributed by atoms with Gasteiger partial charge in [-0.2, -0.15) is 0 Å². The van der Waals surface area contributed by atoms with Crippen LogP contribution < -0.4 is 11.1 Å². The van der Waals surface area contributed by atoms with Crippen LogP contribution in [0.5, 0.6) is 0 Å². The number of rotatable bonds is 5. The van der Waals surface area contributed by atoms with Gasteiger partial charge in [0.05, 0.1) is 24.5 Å². The molecule has 0 bridgehead atoms. The van der Waals surface area contributed by atoms with E-state index in [0.717, 1.165) is 38.4 Å². The smallest absolute Gasteiger partial charge is 0.255 e. The van der Waals surface area contributed by atoms with Crippen molar-refractivity contribution in [3.63, 3.8) is 0 Å². The molecule has 130 valence electrons. The number of amides is 2. The molecule has 1 aliphatic rings. The van der Waals surface area contributed by atoms with Gasteiger partial charge in [-0.05, 0) is 29.8 Å². The fourth-order valence-corrected chi connectivity index (χ4v) is 2.78. The van der Waals surface area contributed by atoms with Gasteiger partial charge in [-0.15, -0.1) is 0 Å². The number of nitrogens with two attached hydrogens (primary N) is 1. The fourth-order valence-electron chi connectivity index (χ4n) is 2.78. The van der Waals surface area contributed by atoms with E-state index < -0.39 is 5.91 Å². The molecular formula is C19H21N3O3. The molecule has 0 radical (unpaired) electrons. The van der Waals surface area contributed by atoms with E-state index in [1.807, 2.05) is 12.1 Å². The van der Waals surface area contributed by atoms with Crippen LogP contribution in [0.25, 0.3) is 0 Å². The molecule has 3 N–H and O–H groups in total. The Bertz CT molecular complexity index is 753. The van der Waals surface area contributed by atoms with Crippen LogP contribution >= 0.6 is 0 Å². The van der Waals surface area contributed by atoms with E-state index in [0.29, 0.717) is 16.8 Å². The summed E-state index contributed by atoms with van der Waals surface area (Å²) < 4.78 is 5.34. The number of anilines is 1. The molecule has 0 unspecified atom stereocenters. The molecule has 1 fully saturated rings. The van der Waals surface area contributed by atoms with Crippen molar-refractivity contribution in [1.82, 2.24) is 4.90 Å². The number of ether oxygens (including phenoxy) is 1. The average Bonchev–Trinajstić information content (AvgIpc) is 2.63. The van der Waals surface area contributed by atoms with Crippen LogP contribution in [0.15, 0.2) is 48.5 Å². The molecule has 0 atom stereocenters. The van der Waals surface area contributed by atoms with Crippen LogP contribution in [0, 0.1) is 0 Å². The SMILES string of the molecule is NC(=O)c1ccccc1NC(=O)c1ccc(CN2CCOCC2)cc1.